The van der Waals surface area contributed by atoms with Crippen molar-refractivity contribution in [1.29, 1.82) is 0 Å². The Kier molecular flexibility index (Phi) is 4.28. The molecule has 1 atom stereocenters. The first-order valence-corrected chi connectivity index (χ1v) is 9.53. The molecule has 1 aromatic heterocycles. The van der Waals surface area contributed by atoms with Gasteiger partial charge in [-0.3, -0.25) is 9.59 Å². The van der Waals surface area contributed by atoms with E-state index in [-0.39, 0.29) is 18.2 Å². The lowest BCUT2D eigenvalue weighted by atomic mass is 9.89. The number of halogens is 1. The first-order valence-electron chi connectivity index (χ1n) is 9.53. The molecule has 4 aromatic rings. The maximum Gasteiger partial charge on any atom is 0.232 e. The van der Waals surface area contributed by atoms with Gasteiger partial charge < -0.3 is 15.6 Å². The van der Waals surface area contributed by atoms with Crippen molar-refractivity contribution in [3.63, 3.8) is 0 Å². The number of nitrogens with zero attached hydrogens (tertiary/aromatic N) is 1. The van der Waals surface area contributed by atoms with Crippen LogP contribution in [0.5, 0.6) is 0 Å². The molecule has 1 unspecified atom stereocenters. The number of hydrogen-bond donors (Lipinski definition) is 3. The van der Waals surface area contributed by atoms with E-state index in [1.54, 1.807) is 12.1 Å². The maximum atomic E-state index is 13.6. The van der Waals surface area contributed by atoms with Gasteiger partial charge in [0, 0.05) is 17.7 Å². The average molecular weight is 400 g/mol. The smallest absolute Gasteiger partial charge is 0.232 e. The van der Waals surface area contributed by atoms with E-state index in [0.717, 1.165) is 16.6 Å². The lowest BCUT2D eigenvalue weighted by Gasteiger charge is -2.25. The number of carbonyl (C=O) groups excluding carboxylic acids is 2. The quantitative estimate of drug-likeness (QED) is 0.475. The van der Waals surface area contributed by atoms with Gasteiger partial charge in [-0.1, -0.05) is 30.3 Å². The van der Waals surface area contributed by atoms with E-state index in [4.69, 9.17) is 0 Å². The van der Waals surface area contributed by atoms with Crippen LogP contribution in [0, 0.1) is 5.82 Å². The summed E-state index contributed by atoms with van der Waals surface area (Å²) in [6, 6.07) is 19.1. The highest BCUT2D eigenvalue weighted by molar-refractivity contribution is 6.06. The molecule has 5 rings (SSSR count). The van der Waals surface area contributed by atoms with Gasteiger partial charge in [0.25, 0.3) is 0 Å². The second-order valence-corrected chi connectivity index (χ2v) is 7.17. The number of imidazole rings is 1. The van der Waals surface area contributed by atoms with Crippen molar-refractivity contribution in [2.24, 2.45) is 0 Å². The van der Waals surface area contributed by atoms with E-state index in [1.807, 2.05) is 42.5 Å². The number of amides is 2. The number of rotatable bonds is 3. The molecule has 6 nitrogen and oxygen atoms in total. The van der Waals surface area contributed by atoms with E-state index >= 15 is 0 Å². The van der Waals surface area contributed by atoms with E-state index in [0.29, 0.717) is 22.8 Å². The summed E-state index contributed by atoms with van der Waals surface area (Å²) < 4.78 is 13.6. The van der Waals surface area contributed by atoms with E-state index < -0.39 is 11.7 Å². The Hall–Kier alpha value is -4.00. The Balaban J connectivity index is 1.49. The normalized spacial score (nSPS) is 15.5. The van der Waals surface area contributed by atoms with Gasteiger partial charge in [-0.25, -0.2) is 9.37 Å². The van der Waals surface area contributed by atoms with Crippen LogP contribution in [-0.4, -0.2) is 21.8 Å². The molecule has 0 saturated carbocycles. The van der Waals surface area contributed by atoms with Crippen molar-refractivity contribution in [2.75, 3.05) is 10.6 Å². The van der Waals surface area contributed by atoms with Gasteiger partial charge in [0.2, 0.25) is 11.8 Å². The van der Waals surface area contributed by atoms with Crippen LogP contribution < -0.4 is 10.6 Å². The molecule has 0 bridgehead atoms. The summed E-state index contributed by atoms with van der Waals surface area (Å²) in [6.07, 6.45) is -0.00271. The number of fused-ring (bicyclic) bond motifs is 2. The second-order valence-electron chi connectivity index (χ2n) is 7.17. The van der Waals surface area contributed by atoms with Crippen LogP contribution in [0.15, 0.2) is 66.7 Å². The summed E-state index contributed by atoms with van der Waals surface area (Å²) in [5.41, 5.74) is 3.96. The third-order valence-electron chi connectivity index (χ3n) is 5.20. The number of nitrogens with one attached hydrogen (secondary N) is 3. The first kappa shape index (κ1) is 18.1. The average Bonchev–Trinajstić information content (AvgIpc) is 3.17. The molecule has 0 radical (unpaired) electrons. The number of aromatic amines is 1. The number of anilines is 2. The lowest BCUT2D eigenvalue weighted by Crippen LogP contribution is -2.31. The zero-order chi connectivity index (χ0) is 20.7. The fourth-order valence-corrected chi connectivity index (χ4v) is 3.77. The van der Waals surface area contributed by atoms with Crippen molar-refractivity contribution in [2.45, 2.75) is 12.3 Å². The fourth-order valence-electron chi connectivity index (χ4n) is 3.77. The van der Waals surface area contributed by atoms with Crippen LogP contribution in [0.2, 0.25) is 0 Å². The SMILES string of the molecule is O=C1CC(C(=O)Nc2ccccc2-c2nc3ccccc3[nH]2)c2ccc(F)cc2N1. The van der Waals surface area contributed by atoms with Gasteiger partial charge in [0.05, 0.1) is 22.6 Å². The molecule has 30 heavy (non-hydrogen) atoms. The number of H-pyrrole nitrogens is 1. The predicted octanol–water partition coefficient (Wildman–Crippen LogP) is 4.43. The molecule has 3 aromatic carbocycles. The highest BCUT2D eigenvalue weighted by Gasteiger charge is 2.31. The molecule has 1 aliphatic heterocycles. The standard InChI is InChI=1S/C23H17FN4O2/c24-13-9-10-14-16(12-21(29)25-20(14)11-13)23(30)28-17-6-2-1-5-15(17)22-26-18-7-3-4-8-19(18)27-22/h1-11,16H,12H2,(H,25,29)(H,26,27)(H,28,30). The molecule has 7 heteroatoms. The molecule has 0 fully saturated rings. The zero-order valence-electron chi connectivity index (χ0n) is 15.8. The van der Waals surface area contributed by atoms with Crippen LogP contribution in [0.4, 0.5) is 15.8 Å². The molecule has 0 spiro atoms. The molecule has 0 aliphatic carbocycles. The minimum absolute atomic E-state index is 0.00271. The topological polar surface area (TPSA) is 86.9 Å². The minimum atomic E-state index is -0.710. The van der Waals surface area contributed by atoms with E-state index in [9.17, 15) is 14.0 Å². The van der Waals surface area contributed by atoms with Gasteiger partial charge in [0.1, 0.15) is 11.6 Å². The summed E-state index contributed by atoms with van der Waals surface area (Å²) in [6.45, 7) is 0. The lowest BCUT2D eigenvalue weighted by molar-refractivity contribution is -0.123. The Morgan fingerprint density at radius 1 is 1.07 bits per heavy atom. The monoisotopic (exact) mass is 400 g/mol. The van der Waals surface area contributed by atoms with E-state index in [1.165, 1.54) is 12.1 Å². The molecular formula is C23H17FN4O2. The largest absolute Gasteiger partial charge is 0.338 e. The zero-order valence-corrected chi connectivity index (χ0v) is 15.8. The van der Waals surface area contributed by atoms with Crippen molar-refractivity contribution in [1.82, 2.24) is 9.97 Å². The molecular weight excluding hydrogens is 383 g/mol. The molecule has 1 aliphatic rings. The number of hydrogen-bond acceptors (Lipinski definition) is 3. The minimum Gasteiger partial charge on any atom is -0.338 e. The van der Waals surface area contributed by atoms with Gasteiger partial charge in [-0.15, -0.1) is 0 Å². The number of aromatic nitrogens is 2. The van der Waals surface area contributed by atoms with Gasteiger partial charge in [-0.2, -0.15) is 0 Å². The van der Waals surface area contributed by atoms with Crippen LogP contribution in [0.25, 0.3) is 22.4 Å². The Morgan fingerprint density at radius 2 is 1.87 bits per heavy atom. The predicted molar refractivity (Wildman–Crippen MR) is 113 cm³/mol. The summed E-state index contributed by atoms with van der Waals surface area (Å²) in [4.78, 5) is 33.0. The third kappa shape index (κ3) is 3.20. The van der Waals surface area contributed by atoms with Crippen LogP contribution >= 0.6 is 0 Å². The highest BCUT2D eigenvalue weighted by atomic mass is 19.1. The summed E-state index contributed by atoms with van der Waals surface area (Å²) in [5.74, 6) is -1.19. The molecule has 148 valence electrons. The summed E-state index contributed by atoms with van der Waals surface area (Å²) >= 11 is 0. The molecule has 2 amide bonds. The second kappa shape index (κ2) is 7.11. The Morgan fingerprint density at radius 3 is 2.73 bits per heavy atom. The van der Waals surface area contributed by atoms with Gasteiger partial charge in [-0.05, 0) is 42.0 Å². The summed E-state index contributed by atoms with van der Waals surface area (Å²) in [7, 11) is 0. The van der Waals surface area contributed by atoms with Crippen molar-refractivity contribution in [3.8, 4) is 11.4 Å². The number of carbonyl (C=O) groups is 2. The van der Waals surface area contributed by atoms with E-state index in [2.05, 4.69) is 20.6 Å². The van der Waals surface area contributed by atoms with Crippen LogP contribution in [-0.2, 0) is 9.59 Å². The van der Waals surface area contributed by atoms with Crippen LogP contribution in [0.3, 0.4) is 0 Å². The van der Waals surface area contributed by atoms with Gasteiger partial charge in [0.15, 0.2) is 0 Å². The van der Waals surface area contributed by atoms with Crippen molar-refractivity contribution < 1.29 is 14.0 Å². The first-order chi connectivity index (χ1) is 14.6. The van der Waals surface area contributed by atoms with Crippen LogP contribution in [0.1, 0.15) is 17.9 Å². The maximum absolute atomic E-state index is 13.6. The molecule has 2 heterocycles. The van der Waals surface area contributed by atoms with Crippen molar-refractivity contribution in [3.05, 3.63) is 78.1 Å². The Labute approximate surface area is 171 Å². The van der Waals surface area contributed by atoms with Gasteiger partial charge >= 0.3 is 0 Å². The number of para-hydroxylation sites is 3. The molecule has 0 saturated heterocycles. The fraction of sp³-hybridized carbons (Fsp3) is 0.0870. The highest BCUT2D eigenvalue weighted by Crippen LogP contribution is 2.35. The third-order valence-corrected chi connectivity index (χ3v) is 5.20. The Bertz CT molecular complexity index is 1260. The van der Waals surface area contributed by atoms with Crippen molar-refractivity contribution >= 4 is 34.2 Å². The summed E-state index contributed by atoms with van der Waals surface area (Å²) in [5, 5.41) is 5.55. The molecule has 3 N–H and O–H groups in total. The number of benzene rings is 3.